The quantitative estimate of drug-likeness (QED) is 0.821. The van der Waals surface area contributed by atoms with Gasteiger partial charge in [-0.15, -0.1) is 0 Å². The first-order chi connectivity index (χ1) is 11.1. The molecule has 0 N–H and O–H groups in total. The Labute approximate surface area is 136 Å². The second-order valence-electron chi connectivity index (χ2n) is 5.37. The Balaban J connectivity index is 2.11. The number of aromatic nitrogens is 1. The topological polar surface area (TPSA) is 51.7 Å². The van der Waals surface area contributed by atoms with Crippen LogP contribution in [0, 0.1) is 0 Å². The molecule has 1 aromatic heterocycles. The van der Waals surface area contributed by atoms with Crippen molar-refractivity contribution in [3.8, 4) is 11.6 Å². The maximum atomic E-state index is 12.6. The van der Waals surface area contributed by atoms with E-state index in [0.717, 1.165) is 11.3 Å². The van der Waals surface area contributed by atoms with E-state index in [4.69, 9.17) is 9.47 Å². The van der Waals surface area contributed by atoms with Crippen LogP contribution in [0.15, 0.2) is 42.6 Å². The number of amides is 1. The minimum atomic E-state index is 0.00613. The number of pyridine rings is 1. The highest BCUT2D eigenvalue weighted by atomic mass is 16.5. The summed E-state index contributed by atoms with van der Waals surface area (Å²) >= 11 is 0. The molecule has 0 fully saturated rings. The van der Waals surface area contributed by atoms with Crippen LogP contribution in [0.5, 0.6) is 11.6 Å². The van der Waals surface area contributed by atoms with E-state index in [-0.39, 0.29) is 11.8 Å². The summed E-state index contributed by atoms with van der Waals surface area (Å²) in [6.07, 6.45) is 2.03. The van der Waals surface area contributed by atoms with E-state index in [2.05, 4.69) is 4.98 Å². The third kappa shape index (κ3) is 4.00. The molecule has 23 heavy (non-hydrogen) atoms. The predicted octanol–water partition coefficient (Wildman–Crippen LogP) is 3.26. The van der Waals surface area contributed by atoms with Gasteiger partial charge in [-0.3, -0.25) is 4.79 Å². The Morgan fingerprint density at radius 2 is 2.00 bits per heavy atom. The van der Waals surface area contributed by atoms with Crippen LogP contribution in [0.25, 0.3) is 0 Å². The molecule has 5 heteroatoms. The van der Waals surface area contributed by atoms with Gasteiger partial charge in [-0.05, 0) is 35.7 Å². The van der Waals surface area contributed by atoms with Crippen LogP contribution in [-0.2, 0) is 4.79 Å². The van der Waals surface area contributed by atoms with Gasteiger partial charge in [0, 0.05) is 19.7 Å². The fourth-order valence-corrected chi connectivity index (χ4v) is 2.39. The second-order valence-corrected chi connectivity index (χ2v) is 5.37. The highest BCUT2D eigenvalue weighted by molar-refractivity contribution is 5.94. The Morgan fingerprint density at radius 3 is 2.70 bits per heavy atom. The number of hydrogen-bond donors (Lipinski definition) is 0. The zero-order chi connectivity index (χ0) is 16.8. The first kappa shape index (κ1) is 16.8. The number of rotatable bonds is 6. The number of ether oxygens (including phenoxy) is 2. The van der Waals surface area contributed by atoms with Crippen molar-refractivity contribution in [2.24, 2.45) is 0 Å². The van der Waals surface area contributed by atoms with Gasteiger partial charge in [-0.1, -0.05) is 19.1 Å². The number of methoxy groups -OCH3 is 2. The van der Waals surface area contributed by atoms with Gasteiger partial charge < -0.3 is 14.4 Å². The van der Waals surface area contributed by atoms with Gasteiger partial charge in [0.25, 0.3) is 0 Å². The summed E-state index contributed by atoms with van der Waals surface area (Å²) in [6, 6.07) is 11.4. The molecular formula is C18H22N2O3. The van der Waals surface area contributed by atoms with E-state index in [1.807, 2.05) is 37.3 Å². The van der Waals surface area contributed by atoms with E-state index in [9.17, 15) is 4.79 Å². The third-order valence-corrected chi connectivity index (χ3v) is 3.82. The summed E-state index contributed by atoms with van der Waals surface area (Å²) in [7, 11) is 4.92. The van der Waals surface area contributed by atoms with Crippen LogP contribution in [0.4, 0.5) is 5.69 Å². The summed E-state index contributed by atoms with van der Waals surface area (Å²) < 4.78 is 10.5. The van der Waals surface area contributed by atoms with Crippen LogP contribution >= 0.6 is 0 Å². The van der Waals surface area contributed by atoms with Gasteiger partial charge in [0.15, 0.2) is 0 Å². The van der Waals surface area contributed by atoms with E-state index in [1.165, 1.54) is 0 Å². The van der Waals surface area contributed by atoms with Crippen LogP contribution in [0.3, 0.4) is 0 Å². The van der Waals surface area contributed by atoms with Gasteiger partial charge in [-0.2, -0.15) is 0 Å². The van der Waals surface area contributed by atoms with Gasteiger partial charge in [0.2, 0.25) is 11.8 Å². The van der Waals surface area contributed by atoms with E-state index in [1.54, 1.807) is 38.4 Å². The lowest BCUT2D eigenvalue weighted by Crippen LogP contribution is -2.27. The fraction of sp³-hybridized carbons (Fsp3) is 0.333. The predicted molar refractivity (Wildman–Crippen MR) is 90.2 cm³/mol. The molecule has 0 bridgehead atoms. The molecular weight excluding hydrogens is 292 g/mol. The molecule has 1 amide bonds. The molecule has 0 spiro atoms. The zero-order valence-electron chi connectivity index (χ0n) is 13.9. The molecule has 0 saturated heterocycles. The molecule has 0 aliphatic heterocycles. The van der Waals surface area contributed by atoms with Gasteiger partial charge in [-0.25, -0.2) is 4.98 Å². The number of hydrogen-bond acceptors (Lipinski definition) is 4. The molecule has 0 radical (unpaired) electrons. The summed E-state index contributed by atoms with van der Waals surface area (Å²) in [5.41, 5.74) is 1.74. The van der Waals surface area contributed by atoms with Crippen LogP contribution in [0.2, 0.25) is 0 Å². The molecule has 1 aromatic carbocycles. The molecule has 0 saturated carbocycles. The molecule has 5 nitrogen and oxygen atoms in total. The standard InChI is InChI=1S/C18H22N2O3/c1-13(14-7-5-8-15(12-14)22-3)11-17(21)20(2)16-9-6-10-19-18(16)23-4/h5-10,12-13H,11H2,1-4H3. The average molecular weight is 314 g/mol. The van der Waals surface area contributed by atoms with Gasteiger partial charge in [0.05, 0.1) is 14.2 Å². The SMILES string of the molecule is COc1cccc(C(C)CC(=O)N(C)c2cccnc2OC)c1. The third-order valence-electron chi connectivity index (χ3n) is 3.82. The van der Waals surface area contributed by atoms with Crippen molar-refractivity contribution in [3.63, 3.8) is 0 Å². The number of carbonyl (C=O) groups excluding carboxylic acids is 1. The highest BCUT2D eigenvalue weighted by Crippen LogP contribution is 2.28. The largest absolute Gasteiger partial charge is 0.497 e. The number of nitrogens with zero attached hydrogens (tertiary/aromatic N) is 2. The number of carbonyl (C=O) groups is 1. The lowest BCUT2D eigenvalue weighted by atomic mass is 9.97. The fourth-order valence-electron chi connectivity index (χ4n) is 2.39. The Bertz CT molecular complexity index is 673. The van der Waals surface area contributed by atoms with E-state index >= 15 is 0 Å². The lowest BCUT2D eigenvalue weighted by Gasteiger charge is -2.21. The van der Waals surface area contributed by atoms with Crippen molar-refractivity contribution in [3.05, 3.63) is 48.2 Å². The van der Waals surface area contributed by atoms with E-state index < -0.39 is 0 Å². The Morgan fingerprint density at radius 1 is 1.22 bits per heavy atom. The maximum Gasteiger partial charge on any atom is 0.237 e. The Hall–Kier alpha value is -2.56. The molecule has 0 aliphatic rings. The smallest absolute Gasteiger partial charge is 0.237 e. The first-order valence-corrected chi connectivity index (χ1v) is 7.46. The summed E-state index contributed by atoms with van der Waals surface area (Å²) in [5.74, 6) is 1.33. The minimum absolute atomic E-state index is 0.00613. The molecule has 2 aromatic rings. The van der Waals surface area contributed by atoms with Crippen molar-refractivity contribution in [2.75, 3.05) is 26.2 Å². The summed E-state index contributed by atoms with van der Waals surface area (Å²) in [5, 5.41) is 0. The van der Waals surface area contributed by atoms with Crippen LogP contribution in [-0.4, -0.2) is 32.2 Å². The molecule has 1 atom stereocenters. The van der Waals surface area contributed by atoms with Gasteiger partial charge >= 0.3 is 0 Å². The number of benzene rings is 1. The highest BCUT2D eigenvalue weighted by Gasteiger charge is 2.19. The maximum absolute atomic E-state index is 12.6. The van der Waals surface area contributed by atoms with Gasteiger partial charge in [0.1, 0.15) is 11.4 Å². The second kappa shape index (κ2) is 7.63. The van der Waals surface area contributed by atoms with Crippen molar-refractivity contribution in [1.29, 1.82) is 0 Å². The summed E-state index contributed by atoms with van der Waals surface area (Å²) in [4.78, 5) is 18.3. The lowest BCUT2D eigenvalue weighted by molar-refractivity contribution is -0.118. The average Bonchev–Trinajstić information content (AvgIpc) is 2.60. The minimum Gasteiger partial charge on any atom is -0.497 e. The van der Waals surface area contributed by atoms with Crippen molar-refractivity contribution in [1.82, 2.24) is 4.98 Å². The first-order valence-electron chi connectivity index (χ1n) is 7.46. The summed E-state index contributed by atoms with van der Waals surface area (Å²) in [6.45, 7) is 2.03. The van der Waals surface area contributed by atoms with Crippen molar-refractivity contribution < 1.29 is 14.3 Å². The molecule has 2 rings (SSSR count). The van der Waals surface area contributed by atoms with E-state index in [0.29, 0.717) is 18.0 Å². The Kier molecular flexibility index (Phi) is 5.57. The molecule has 0 aliphatic carbocycles. The number of anilines is 1. The van der Waals surface area contributed by atoms with Crippen LogP contribution in [0.1, 0.15) is 24.8 Å². The van der Waals surface area contributed by atoms with Crippen LogP contribution < -0.4 is 14.4 Å². The molecule has 122 valence electrons. The monoisotopic (exact) mass is 314 g/mol. The van der Waals surface area contributed by atoms with Crippen molar-refractivity contribution >= 4 is 11.6 Å². The van der Waals surface area contributed by atoms with Crippen molar-refractivity contribution in [2.45, 2.75) is 19.3 Å². The molecule has 1 heterocycles. The molecule has 1 unspecified atom stereocenters. The normalized spacial score (nSPS) is 11.7. The zero-order valence-corrected chi connectivity index (χ0v) is 13.9.